The van der Waals surface area contributed by atoms with Crippen molar-refractivity contribution in [1.29, 1.82) is 0 Å². The number of nitrogens with zero attached hydrogens (tertiary/aromatic N) is 4. The molecule has 2 aromatic carbocycles. The first-order chi connectivity index (χ1) is 19.0. The van der Waals surface area contributed by atoms with Crippen molar-refractivity contribution in [3.05, 3.63) is 77.3 Å². The predicted octanol–water partition coefficient (Wildman–Crippen LogP) is 4.14. The molecule has 0 spiro atoms. The van der Waals surface area contributed by atoms with Crippen LogP contribution in [0.4, 0.5) is 0 Å². The van der Waals surface area contributed by atoms with Crippen LogP contribution in [0.25, 0.3) is 11.0 Å². The highest BCUT2D eigenvalue weighted by Gasteiger charge is 2.37. The Bertz CT molecular complexity index is 1400. The second kappa shape index (κ2) is 10.9. The van der Waals surface area contributed by atoms with E-state index in [1.165, 1.54) is 0 Å². The van der Waals surface area contributed by atoms with Crippen molar-refractivity contribution in [3.63, 3.8) is 0 Å². The van der Waals surface area contributed by atoms with Crippen LogP contribution in [0.15, 0.2) is 65.3 Å². The molecule has 9 nitrogen and oxygen atoms in total. The van der Waals surface area contributed by atoms with Crippen LogP contribution < -0.4 is 0 Å². The first-order valence-corrected chi connectivity index (χ1v) is 13.7. The predicted molar refractivity (Wildman–Crippen MR) is 146 cm³/mol. The van der Waals surface area contributed by atoms with Crippen LogP contribution >= 0.6 is 0 Å². The number of fused-ring (bicyclic) bond motifs is 1. The minimum atomic E-state index is -0.978. The summed E-state index contributed by atoms with van der Waals surface area (Å²) < 4.78 is 13.8. The molecule has 0 unspecified atom stereocenters. The summed E-state index contributed by atoms with van der Waals surface area (Å²) in [7, 11) is 0. The standard InChI is InChI=1S/C30H34N4O5/c35-29(36)22-9-10-24-25(17-22)34(18-23-11-16-38-23)27(31-24)19-33-14-12-30(37,13-15-33)26-7-4-8-28(32-26)39-20-21-5-2-1-3-6-21/h1-3,5-7,9-10,17,23,37H,4,8,11-16,18-20H2,(H,35,36)/t23-/m0/s1. The molecule has 9 heteroatoms. The third-order valence-corrected chi connectivity index (χ3v) is 7.97. The number of rotatable bonds is 8. The number of piperidine rings is 1. The zero-order chi connectivity index (χ0) is 26.8. The Balaban J connectivity index is 1.13. The second-order valence-electron chi connectivity index (χ2n) is 10.6. The van der Waals surface area contributed by atoms with Crippen molar-refractivity contribution < 1.29 is 24.5 Å². The van der Waals surface area contributed by atoms with E-state index in [0.717, 1.165) is 48.3 Å². The van der Waals surface area contributed by atoms with Crippen LogP contribution in [0.3, 0.4) is 0 Å². The molecule has 0 aliphatic carbocycles. The Labute approximate surface area is 227 Å². The maximum atomic E-state index is 11.6. The summed E-state index contributed by atoms with van der Waals surface area (Å²) in [4.78, 5) is 23.5. The molecule has 2 N–H and O–H groups in total. The van der Waals surface area contributed by atoms with Crippen molar-refractivity contribution in [1.82, 2.24) is 14.5 Å². The minimum Gasteiger partial charge on any atom is -0.478 e. The van der Waals surface area contributed by atoms with Gasteiger partial charge in [0.25, 0.3) is 0 Å². The summed E-state index contributed by atoms with van der Waals surface area (Å²) >= 11 is 0. The summed E-state index contributed by atoms with van der Waals surface area (Å²) in [5, 5.41) is 21.0. The Kier molecular flexibility index (Phi) is 7.20. The Morgan fingerprint density at radius 3 is 2.67 bits per heavy atom. The van der Waals surface area contributed by atoms with Gasteiger partial charge in [0.2, 0.25) is 0 Å². The molecule has 4 heterocycles. The maximum absolute atomic E-state index is 11.6. The number of carboxylic acids is 1. The van der Waals surface area contributed by atoms with E-state index < -0.39 is 11.6 Å². The highest BCUT2D eigenvalue weighted by Crippen LogP contribution is 2.34. The van der Waals surface area contributed by atoms with Gasteiger partial charge >= 0.3 is 5.97 Å². The zero-order valence-electron chi connectivity index (χ0n) is 22.0. The van der Waals surface area contributed by atoms with Gasteiger partial charge in [-0.1, -0.05) is 36.4 Å². The number of hydrogen-bond donors (Lipinski definition) is 2. The monoisotopic (exact) mass is 530 g/mol. The Hall–Kier alpha value is -3.53. The lowest BCUT2D eigenvalue weighted by Crippen LogP contribution is -2.45. The molecule has 3 aliphatic heterocycles. The van der Waals surface area contributed by atoms with E-state index in [4.69, 9.17) is 19.5 Å². The van der Waals surface area contributed by atoms with E-state index in [-0.39, 0.29) is 11.7 Å². The van der Waals surface area contributed by atoms with Crippen LogP contribution in [0.1, 0.15) is 53.8 Å². The molecule has 0 bridgehead atoms. The van der Waals surface area contributed by atoms with E-state index in [0.29, 0.717) is 57.2 Å². The third-order valence-electron chi connectivity index (χ3n) is 7.97. The number of imidazole rings is 1. The highest BCUT2D eigenvalue weighted by atomic mass is 16.5. The molecule has 6 rings (SSSR count). The van der Waals surface area contributed by atoms with E-state index in [1.807, 2.05) is 36.4 Å². The molecule has 204 valence electrons. The molecule has 1 atom stereocenters. The van der Waals surface area contributed by atoms with Crippen LogP contribution in [-0.4, -0.2) is 67.9 Å². The van der Waals surface area contributed by atoms with E-state index >= 15 is 0 Å². The quantitative estimate of drug-likeness (QED) is 0.450. The van der Waals surface area contributed by atoms with Crippen LogP contribution in [0.2, 0.25) is 0 Å². The molecule has 2 saturated heterocycles. The number of ether oxygens (including phenoxy) is 2. The Morgan fingerprint density at radius 2 is 1.95 bits per heavy atom. The van der Waals surface area contributed by atoms with Crippen LogP contribution in [0, 0.1) is 0 Å². The number of benzene rings is 2. The van der Waals surface area contributed by atoms with Crippen LogP contribution in [-0.2, 0) is 29.2 Å². The number of allylic oxidation sites excluding steroid dienone is 1. The number of carbonyl (C=O) groups is 1. The number of aromatic carboxylic acids is 1. The van der Waals surface area contributed by atoms with Gasteiger partial charge in [-0.2, -0.15) is 0 Å². The van der Waals surface area contributed by atoms with Crippen molar-refractivity contribution in [3.8, 4) is 0 Å². The molecule has 3 aromatic rings. The van der Waals surface area contributed by atoms with E-state index in [9.17, 15) is 15.0 Å². The molecule has 2 fully saturated rings. The summed E-state index contributed by atoms with van der Waals surface area (Å²) in [6, 6.07) is 15.1. The number of hydrogen-bond acceptors (Lipinski definition) is 7. The van der Waals surface area contributed by atoms with Gasteiger partial charge in [0.1, 0.15) is 18.0 Å². The fraction of sp³-hybridized carbons (Fsp3) is 0.433. The lowest BCUT2D eigenvalue weighted by Gasteiger charge is -2.39. The van der Waals surface area contributed by atoms with Gasteiger partial charge in [0.15, 0.2) is 5.90 Å². The normalized spacial score (nSPS) is 21.2. The Morgan fingerprint density at radius 1 is 1.15 bits per heavy atom. The van der Waals surface area contributed by atoms with Crippen molar-refractivity contribution in [2.45, 2.75) is 63.5 Å². The van der Waals surface area contributed by atoms with Gasteiger partial charge in [-0.25, -0.2) is 14.8 Å². The molecular weight excluding hydrogens is 496 g/mol. The average molecular weight is 531 g/mol. The lowest BCUT2D eigenvalue weighted by molar-refractivity contribution is -0.0593. The smallest absolute Gasteiger partial charge is 0.335 e. The van der Waals surface area contributed by atoms with Gasteiger partial charge in [-0.15, -0.1) is 0 Å². The molecule has 1 aromatic heterocycles. The maximum Gasteiger partial charge on any atom is 0.335 e. The molecule has 39 heavy (non-hydrogen) atoms. The van der Waals surface area contributed by atoms with Crippen molar-refractivity contribution >= 4 is 22.9 Å². The first-order valence-electron chi connectivity index (χ1n) is 13.7. The molecule has 3 aliphatic rings. The molecule has 0 saturated carbocycles. The number of likely N-dealkylation sites (tertiary alicyclic amines) is 1. The highest BCUT2D eigenvalue weighted by molar-refractivity contribution is 5.92. The van der Waals surface area contributed by atoms with Crippen molar-refractivity contribution in [2.75, 3.05) is 19.7 Å². The van der Waals surface area contributed by atoms with E-state index in [1.54, 1.807) is 18.2 Å². The average Bonchev–Trinajstić information content (AvgIpc) is 3.27. The lowest BCUT2D eigenvalue weighted by atomic mass is 9.87. The summed E-state index contributed by atoms with van der Waals surface area (Å²) in [5.74, 6) is 0.620. The van der Waals surface area contributed by atoms with Gasteiger partial charge < -0.3 is 24.3 Å². The van der Waals surface area contributed by atoms with E-state index in [2.05, 4.69) is 9.47 Å². The topological polar surface area (TPSA) is 109 Å². The number of aliphatic imine (C=N–C) groups is 1. The van der Waals surface area contributed by atoms with Gasteiger partial charge in [0, 0.05) is 26.1 Å². The number of carboxylic acid groups (broad SMARTS) is 1. The van der Waals surface area contributed by atoms with Gasteiger partial charge in [-0.3, -0.25) is 4.90 Å². The first kappa shape index (κ1) is 25.7. The fourth-order valence-corrected chi connectivity index (χ4v) is 5.51. The van der Waals surface area contributed by atoms with Gasteiger partial charge in [-0.05, 0) is 49.4 Å². The molecule has 0 radical (unpaired) electrons. The minimum absolute atomic E-state index is 0.121. The number of aromatic nitrogens is 2. The summed E-state index contributed by atoms with van der Waals surface area (Å²) in [6.07, 6.45) is 5.84. The van der Waals surface area contributed by atoms with Crippen molar-refractivity contribution in [2.24, 2.45) is 4.99 Å². The largest absolute Gasteiger partial charge is 0.478 e. The molecular formula is C30H34N4O5. The third kappa shape index (κ3) is 5.61. The second-order valence-corrected chi connectivity index (χ2v) is 10.6. The SMILES string of the molecule is O=C(O)c1ccc2nc(CN3CCC(O)(C4=CCCC(OCc5ccccc5)=N4)CC3)n(C[C@@H]3CCO3)c2c1. The summed E-state index contributed by atoms with van der Waals surface area (Å²) in [5.41, 5.74) is 2.69. The zero-order valence-corrected chi connectivity index (χ0v) is 22.0. The fourth-order valence-electron chi connectivity index (χ4n) is 5.51. The van der Waals surface area contributed by atoms with Gasteiger partial charge in [0.05, 0.1) is 41.5 Å². The van der Waals surface area contributed by atoms with Crippen LogP contribution in [0.5, 0.6) is 0 Å². The molecule has 0 amide bonds. The number of aliphatic hydroxyl groups is 1. The summed E-state index contributed by atoms with van der Waals surface area (Å²) in [6.45, 7) is 3.91.